The second-order valence-corrected chi connectivity index (χ2v) is 10.1. The van der Waals surface area contributed by atoms with Crippen molar-refractivity contribution in [1.29, 1.82) is 0 Å². The van der Waals surface area contributed by atoms with Gasteiger partial charge in [0.15, 0.2) is 0 Å². The van der Waals surface area contributed by atoms with E-state index in [0.29, 0.717) is 18.9 Å². The normalized spacial score (nSPS) is 19.6. The topological polar surface area (TPSA) is 79.6 Å². The van der Waals surface area contributed by atoms with Crippen molar-refractivity contribution in [1.82, 2.24) is 19.4 Å². The Bertz CT molecular complexity index is 1100. The van der Waals surface area contributed by atoms with Gasteiger partial charge in [0.05, 0.1) is 5.92 Å². The van der Waals surface area contributed by atoms with E-state index in [9.17, 15) is 14.4 Å². The number of rotatable bonds is 8. The van der Waals surface area contributed by atoms with E-state index in [0.717, 1.165) is 55.9 Å². The summed E-state index contributed by atoms with van der Waals surface area (Å²) in [6.07, 6.45) is 6.30. The van der Waals surface area contributed by atoms with Crippen molar-refractivity contribution in [2.45, 2.75) is 38.5 Å². The lowest BCUT2D eigenvalue weighted by molar-refractivity contribution is -0.125. The van der Waals surface area contributed by atoms with Gasteiger partial charge in [0.2, 0.25) is 5.91 Å². The molecule has 0 aliphatic carbocycles. The van der Waals surface area contributed by atoms with Gasteiger partial charge in [-0.25, -0.2) is 4.79 Å². The molecule has 1 amide bonds. The predicted octanol–water partition coefficient (Wildman–Crippen LogP) is 1.76. The molecule has 1 aromatic heterocycles. The SMILES string of the molecule is Cn1c(N2CCC[C@@H](C(=O)NCCCN3CCC(Cc4ccccc4)CC3)C2)cc(=O)n(C)c1=O. The number of nitrogens with one attached hydrogen (secondary N) is 1. The van der Waals surface area contributed by atoms with Gasteiger partial charge in [-0.2, -0.15) is 0 Å². The molecular formula is C27H39N5O3. The van der Waals surface area contributed by atoms with Crippen LogP contribution in [-0.4, -0.2) is 59.2 Å². The standard InChI is InChI=1S/C27H39N5O3/c1-29-24(19-25(33)30(2)27(29)35)32-15-6-10-23(20-32)26(34)28-13-7-14-31-16-11-22(12-17-31)18-21-8-4-3-5-9-21/h3-5,8-9,19,22-23H,6-7,10-18,20H2,1-2H3,(H,28,34)/t23-/m1/s1. The lowest BCUT2D eigenvalue weighted by atomic mass is 9.90. The molecule has 0 saturated carbocycles. The van der Waals surface area contributed by atoms with Gasteiger partial charge in [0, 0.05) is 39.8 Å². The van der Waals surface area contributed by atoms with Gasteiger partial charge >= 0.3 is 5.69 Å². The summed E-state index contributed by atoms with van der Waals surface area (Å²) in [6.45, 7) is 5.25. The Hall–Kier alpha value is -2.87. The molecule has 8 heteroatoms. The van der Waals surface area contributed by atoms with E-state index in [1.54, 1.807) is 7.05 Å². The van der Waals surface area contributed by atoms with Gasteiger partial charge in [-0.15, -0.1) is 0 Å². The molecule has 0 bridgehead atoms. The molecule has 0 spiro atoms. The molecule has 2 fully saturated rings. The Kier molecular flexibility index (Phi) is 8.44. The molecule has 0 unspecified atom stereocenters. The van der Waals surface area contributed by atoms with Crippen LogP contribution in [0.5, 0.6) is 0 Å². The number of hydrogen-bond donors (Lipinski definition) is 1. The predicted molar refractivity (Wildman–Crippen MR) is 139 cm³/mol. The maximum absolute atomic E-state index is 12.8. The average Bonchev–Trinajstić information content (AvgIpc) is 2.89. The van der Waals surface area contributed by atoms with Crippen LogP contribution in [0, 0.1) is 11.8 Å². The molecule has 2 saturated heterocycles. The zero-order chi connectivity index (χ0) is 24.8. The van der Waals surface area contributed by atoms with Gasteiger partial charge in [0.1, 0.15) is 5.82 Å². The lowest BCUT2D eigenvalue weighted by Gasteiger charge is -2.34. The van der Waals surface area contributed by atoms with Crippen LogP contribution in [0.15, 0.2) is 46.0 Å². The van der Waals surface area contributed by atoms with Crippen molar-refractivity contribution in [3.63, 3.8) is 0 Å². The first-order valence-corrected chi connectivity index (χ1v) is 13.0. The molecule has 8 nitrogen and oxygen atoms in total. The number of carbonyl (C=O) groups is 1. The number of nitrogens with zero attached hydrogens (tertiary/aromatic N) is 4. The summed E-state index contributed by atoms with van der Waals surface area (Å²) in [5.41, 5.74) is 0.772. The molecule has 3 heterocycles. The summed E-state index contributed by atoms with van der Waals surface area (Å²) in [6, 6.07) is 12.3. The molecule has 2 aromatic rings. The van der Waals surface area contributed by atoms with E-state index in [4.69, 9.17) is 0 Å². The Balaban J connectivity index is 1.18. The number of likely N-dealkylation sites (tertiary alicyclic amines) is 1. The molecule has 35 heavy (non-hydrogen) atoms. The summed E-state index contributed by atoms with van der Waals surface area (Å²) < 4.78 is 2.59. The fourth-order valence-electron chi connectivity index (χ4n) is 5.44. The van der Waals surface area contributed by atoms with Crippen LogP contribution < -0.4 is 21.5 Å². The molecule has 4 rings (SSSR count). The first kappa shape index (κ1) is 25.2. The van der Waals surface area contributed by atoms with Gasteiger partial charge < -0.3 is 15.1 Å². The van der Waals surface area contributed by atoms with Gasteiger partial charge in [-0.3, -0.25) is 18.7 Å². The third-order valence-electron chi connectivity index (χ3n) is 7.64. The Morgan fingerprint density at radius 3 is 2.49 bits per heavy atom. The number of hydrogen-bond acceptors (Lipinski definition) is 5. The Morgan fingerprint density at radius 1 is 1.00 bits per heavy atom. The smallest absolute Gasteiger partial charge is 0.332 e. The summed E-state index contributed by atoms with van der Waals surface area (Å²) in [5, 5.41) is 3.13. The van der Waals surface area contributed by atoms with E-state index in [2.05, 4.69) is 40.5 Å². The van der Waals surface area contributed by atoms with Crippen molar-refractivity contribution >= 4 is 11.7 Å². The molecule has 1 aromatic carbocycles. The molecule has 2 aliphatic rings. The van der Waals surface area contributed by atoms with E-state index >= 15 is 0 Å². The Labute approximate surface area is 207 Å². The summed E-state index contributed by atoms with van der Waals surface area (Å²) >= 11 is 0. The van der Waals surface area contributed by atoms with Gasteiger partial charge in [-0.05, 0) is 69.6 Å². The molecule has 0 radical (unpaired) electrons. The number of aromatic nitrogens is 2. The lowest BCUT2D eigenvalue weighted by Crippen LogP contribution is -2.47. The number of anilines is 1. The maximum atomic E-state index is 12.8. The average molecular weight is 482 g/mol. The number of piperidine rings is 2. The quantitative estimate of drug-likeness (QED) is 0.582. The van der Waals surface area contributed by atoms with E-state index in [-0.39, 0.29) is 23.1 Å². The third kappa shape index (κ3) is 6.42. The van der Waals surface area contributed by atoms with Crippen LogP contribution in [0.4, 0.5) is 5.82 Å². The van der Waals surface area contributed by atoms with Crippen molar-refractivity contribution in [3.8, 4) is 0 Å². The van der Waals surface area contributed by atoms with Gasteiger partial charge in [0.25, 0.3) is 5.56 Å². The van der Waals surface area contributed by atoms with Crippen LogP contribution >= 0.6 is 0 Å². The molecule has 1 atom stereocenters. The van der Waals surface area contributed by atoms with Crippen molar-refractivity contribution in [2.24, 2.45) is 25.9 Å². The van der Waals surface area contributed by atoms with Crippen LogP contribution in [0.2, 0.25) is 0 Å². The highest BCUT2D eigenvalue weighted by atomic mass is 16.2. The van der Waals surface area contributed by atoms with Gasteiger partial charge in [-0.1, -0.05) is 30.3 Å². The number of carbonyl (C=O) groups excluding carboxylic acids is 1. The number of amides is 1. The van der Waals surface area contributed by atoms with Crippen LogP contribution in [0.3, 0.4) is 0 Å². The third-order valence-corrected chi connectivity index (χ3v) is 7.64. The maximum Gasteiger partial charge on any atom is 0.332 e. The minimum Gasteiger partial charge on any atom is -0.357 e. The van der Waals surface area contributed by atoms with Crippen molar-refractivity contribution < 1.29 is 4.79 Å². The highest BCUT2D eigenvalue weighted by Crippen LogP contribution is 2.23. The molecular weight excluding hydrogens is 442 g/mol. The highest BCUT2D eigenvalue weighted by molar-refractivity contribution is 5.79. The van der Waals surface area contributed by atoms with Crippen LogP contribution in [0.1, 0.15) is 37.7 Å². The fourth-order valence-corrected chi connectivity index (χ4v) is 5.44. The van der Waals surface area contributed by atoms with E-state index in [1.807, 2.05) is 4.90 Å². The van der Waals surface area contributed by atoms with Crippen molar-refractivity contribution in [3.05, 3.63) is 62.8 Å². The monoisotopic (exact) mass is 481 g/mol. The van der Waals surface area contributed by atoms with Crippen LogP contribution in [-0.2, 0) is 25.3 Å². The summed E-state index contributed by atoms with van der Waals surface area (Å²) in [4.78, 5) is 41.8. The molecule has 190 valence electrons. The minimum absolute atomic E-state index is 0.0742. The van der Waals surface area contributed by atoms with E-state index < -0.39 is 0 Å². The Morgan fingerprint density at radius 2 is 1.74 bits per heavy atom. The van der Waals surface area contributed by atoms with E-state index in [1.165, 1.54) is 42.5 Å². The van der Waals surface area contributed by atoms with Crippen molar-refractivity contribution in [2.75, 3.05) is 44.2 Å². The zero-order valence-electron chi connectivity index (χ0n) is 21.1. The summed E-state index contributed by atoms with van der Waals surface area (Å²) in [5.74, 6) is 1.31. The second kappa shape index (κ2) is 11.7. The molecule has 2 aliphatic heterocycles. The number of benzene rings is 1. The minimum atomic E-state index is -0.344. The summed E-state index contributed by atoms with van der Waals surface area (Å²) in [7, 11) is 3.15. The fraction of sp³-hybridized carbons (Fsp3) is 0.593. The largest absolute Gasteiger partial charge is 0.357 e. The second-order valence-electron chi connectivity index (χ2n) is 10.1. The van der Waals surface area contributed by atoms with Crippen LogP contribution in [0.25, 0.3) is 0 Å². The zero-order valence-corrected chi connectivity index (χ0v) is 21.1. The first-order valence-electron chi connectivity index (χ1n) is 13.0. The molecule has 1 N–H and O–H groups in total. The first-order chi connectivity index (χ1) is 16.9. The highest BCUT2D eigenvalue weighted by Gasteiger charge is 2.27.